The van der Waals surface area contributed by atoms with Crippen molar-refractivity contribution in [2.45, 2.75) is 12.8 Å². The Balaban J connectivity index is 1.65. The van der Waals surface area contributed by atoms with Crippen LogP contribution in [0.3, 0.4) is 0 Å². The van der Waals surface area contributed by atoms with Crippen molar-refractivity contribution in [2.75, 3.05) is 24.6 Å². The van der Waals surface area contributed by atoms with Gasteiger partial charge < -0.3 is 16.4 Å². The Labute approximate surface area is 182 Å². The van der Waals surface area contributed by atoms with Crippen molar-refractivity contribution in [3.05, 3.63) is 75.2 Å². The van der Waals surface area contributed by atoms with Gasteiger partial charge in [-0.05, 0) is 49.2 Å². The number of carbonyl (C=O) groups is 1. The van der Waals surface area contributed by atoms with E-state index in [0.717, 1.165) is 0 Å². The number of nitrogens with one attached hydrogen (secondary N) is 2. The van der Waals surface area contributed by atoms with Crippen LogP contribution >= 0.6 is 0 Å². The number of aryl methyl sites for hydroxylation is 1. The molecule has 11 heteroatoms. The maximum Gasteiger partial charge on any atom is 0.293 e. The van der Waals surface area contributed by atoms with Crippen molar-refractivity contribution < 1.29 is 14.1 Å². The summed E-state index contributed by atoms with van der Waals surface area (Å²) in [5.41, 5.74) is 7.51. The lowest BCUT2D eigenvalue weighted by atomic mass is 10.1. The SMILES string of the molecule is CNc1ccc(C(=O)NCCCc2nn(-c3ccc(F)cc3)c(N)c2C#N)cc1[N+](=O)[O-]. The van der Waals surface area contributed by atoms with Gasteiger partial charge in [-0.1, -0.05) is 0 Å². The molecule has 0 bridgehead atoms. The number of aromatic nitrogens is 2. The Morgan fingerprint density at radius 1 is 1.31 bits per heavy atom. The van der Waals surface area contributed by atoms with E-state index in [0.29, 0.717) is 29.9 Å². The molecule has 10 nitrogen and oxygen atoms in total. The number of amides is 1. The molecule has 0 saturated carbocycles. The zero-order chi connectivity index (χ0) is 23.3. The van der Waals surface area contributed by atoms with Gasteiger partial charge in [0, 0.05) is 25.2 Å². The number of carbonyl (C=O) groups excluding carboxylic acids is 1. The molecule has 1 amide bonds. The van der Waals surface area contributed by atoms with Gasteiger partial charge in [-0.3, -0.25) is 14.9 Å². The first-order valence-electron chi connectivity index (χ1n) is 9.63. The van der Waals surface area contributed by atoms with E-state index in [1.807, 2.05) is 6.07 Å². The molecular weight excluding hydrogens is 417 g/mol. The van der Waals surface area contributed by atoms with Crippen molar-refractivity contribution in [3.63, 3.8) is 0 Å². The van der Waals surface area contributed by atoms with Crippen molar-refractivity contribution in [1.29, 1.82) is 5.26 Å². The van der Waals surface area contributed by atoms with Gasteiger partial charge in [0.1, 0.15) is 29.0 Å². The second kappa shape index (κ2) is 9.57. The highest BCUT2D eigenvalue weighted by atomic mass is 19.1. The first-order chi connectivity index (χ1) is 15.3. The predicted octanol–water partition coefficient (Wildman–Crippen LogP) is 2.78. The third-order valence-electron chi connectivity index (χ3n) is 4.78. The molecule has 1 heterocycles. The summed E-state index contributed by atoms with van der Waals surface area (Å²) in [7, 11) is 1.56. The number of benzene rings is 2. The average molecular weight is 437 g/mol. The van der Waals surface area contributed by atoms with E-state index in [1.54, 1.807) is 7.05 Å². The Morgan fingerprint density at radius 2 is 2.03 bits per heavy atom. The molecule has 0 spiro atoms. The lowest BCUT2D eigenvalue weighted by molar-refractivity contribution is -0.384. The third kappa shape index (κ3) is 4.65. The van der Waals surface area contributed by atoms with E-state index in [1.165, 1.54) is 47.1 Å². The van der Waals surface area contributed by atoms with Crippen LogP contribution in [0.1, 0.15) is 28.0 Å². The van der Waals surface area contributed by atoms with Crippen molar-refractivity contribution in [1.82, 2.24) is 15.1 Å². The fourth-order valence-corrected chi connectivity index (χ4v) is 3.15. The number of hydrogen-bond acceptors (Lipinski definition) is 7. The van der Waals surface area contributed by atoms with Crippen LogP contribution in [0.4, 0.5) is 21.6 Å². The second-order valence-electron chi connectivity index (χ2n) is 6.81. The summed E-state index contributed by atoms with van der Waals surface area (Å²) in [4.78, 5) is 22.9. The van der Waals surface area contributed by atoms with Gasteiger partial charge in [0.2, 0.25) is 0 Å². The lowest BCUT2D eigenvalue weighted by Gasteiger charge is -2.07. The molecule has 0 fully saturated rings. The van der Waals surface area contributed by atoms with Crippen LogP contribution in [-0.4, -0.2) is 34.2 Å². The van der Waals surface area contributed by atoms with E-state index in [2.05, 4.69) is 15.7 Å². The van der Waals surface area contributed by atoms with E-state index >= 15 is 0 Å². The van der Waals surface area contributed by atoms with Crippen LogP contribution in [-0.2, 0) is 6.42 Å². The van der Waals surface area contributed by atoms with Crippen LogP contribution in [0.25, 0.3) is 5.69 Å². The molecule has 0 atom stereocenters. The van der Waals surface area contributed by atoms with Crippen LogP contribution in [0.2, 0.25) is 0 Å². The number of nitro benzene ring substituents is 1. The van der Waals surface area contributed by atoms with Gasteiger partial charge in [-0.15, -0.1) is 0 Å². The highest BCUT2D eigenvalue weighted by Crippen LogP contribution is 2.25. The molecule has 0 aliphatic heterocycles. The fraction of sp³-hybridized carbons (Fsp3) is 0.190. The molecule has 0 aliphatic carbocycles. The molecule has 1 aromatic heterocycles. The number of nitrogens with zero attached hydrogens (tertiary/aromatic N) is 4. The molecule has 0 saturated heterocycles. The molecule has 2 aromatic carbocycles. The van der Waals surface area contributed by atoms with Gasteiger partial charge >= 0.3 is 0 Å². The van der Waals surface area contributed by atoms with E-state index in [-0.39, 0.29) is 29.2 Å². The normalized spacial score (nSPS) is 10.4. The van der Waals surface area contributed by atoms with Crippen molar-refractivity contribution in [3.8, 4) is 11.8 Å². The zero-order valence-corrected chi connectivity index (χ0v) is 17.1. The first kappa shape index (κ1) is 22.2. The minimum atomic E-state index is -0.562. The van der Waals surface area contributed by atoms with E-state index in [9.17, 15) is 24.6 Å². The maximum absolute atomic E-state index is 13.2. The maximum atomic E-state index is 13.2. The summed E-state index contributed by atoms with van der Waals surface area (Å²) in [5.74, 6) is -0.704. The number of nitro groups is 1. The number of rotatable bonds is 8. The largest absolute Gasteiger partial charge is 0.383 e. The van der Waals surface area contributed by atoms with Crippen LogP contribution in [0.15, 0.2) is 42.5 Å². The van der Waals surface area contributed by atoms with Gasteiger partial charge in [-0.2, -0.15) is 10.4 Å². The molecule has 3 rings (SSSR count). The van der Waals surface area contributed by atoms with Crippen molar-refractivity contribution in [2.24, 2.45) is 0 Å². The van der Waals surface area contributed by atoms with Crippen LogP contribution < -0.4 is 16.4 Å². The summed E-state index contributed by atoms with van der Waals surface area (Å²) in [6.45, 7) is 0.259. The number of halogens is 1. The van der Waals surface area contributed by atoms with Crippen LogP contribution in [0.5, 0.6) is 0 Å². The standard InChI is InChI=1S/C21H20FN7O3/c1-25-18-9-4-13(11-19(18)29(31)32)21(30)26-10-2-3-17-16(12-23)20(24)28(27-17)15-7-5-14(22)6-8-15/h4-9,11,25H,2-3,10,24H2,1H3,(H,26,30). The van der Waals surface area contributed by atoms with Gasteiger partial charge in [0.05, 0.1) is 16.3 Å². The molecule has 164 valence electrons. The Hall–Kier alpha value is -4.46. The summed E-state index contributed by atoms with van der Waals surface area (Å²) >= 11 is 0. The number of hydrogen-bond donors (Lipinski definition) is 3. The second-order valence-corrected chi connectivity index (χ2v) is 6.81. The highest BCUT2D eigenvalue weighted by molar-refractivity contribution is 5.95. The summed E-state index contributed by atoms with van der Waals surface area (Å²) in [5, 5.41) is 30.4. The van der Waals surface area contributed by atoms with Gasteiger partial charge in [0.15, 0.2) is 0 Å². The molecule has 4 N–H and O–H groups in total. The average Bonchev–Trinajstić information content (AvgIpc) is 3.11. The fourth-order valence-electron chi connectivity index (χ4n) is 3.15. The van der Waals surface area contributed by atoms with Crippen molar-refractivity contribution >= 4 is 23.1 Å². The van der Waals surface area contributed by atoms with Gasteiger partial charge in [-0.25, -0.2) is 9.07 Å². The Kier molecular flexibility index (Phi) is 6.65. The summed E-state index contributed by atoms with van der Waals surface area (Å²) < 4.78 is 14.5. The quantitative estimate of drug-likeness (QED) is 0.278. The topological polar surface area (TPSA) is 152 Å². The lowest BCUT2D eigenvalue weighted by Crippen LogP contribution is -2.25. The molecule has 0 aliphatic rings. The number of nitrogen functional groups attached to an aromatic ring is 1. The number of nitriles is 1. The molecular formula is C21H20FN7O3. The minimum Gasteiger partial charge on any atom is -0.383 e. The Morgan fingerprint density at radius 3 is 2.66 bits per heavy atom. The summed E-state index contributed by atoms with van der Waals surface area (Å²) in [6, 6.07) is 11.7. The monoisotopic (exact) mass is 437 g/mol. The van der Waals surface area contributed by atoms with Gasteiger partial charge in [0.25, 0.3) is 11.6 Å². The molecule has 32 heavy (non-hydrogen) atoms. The molecule has 0 unspecified atom stereocenters. The Bertz CT molecular complexity index is 1200. The highest BCUT2D eigenvalue weighted by Gasteiger charge is 2.18. The zero-order valence-electron chi connectivity index (χ0n) is 17.1. The van der Waals surface area contributed by atoms with E-state index in [4.69, 9.17) is 5.73 Å². The minimum absolute atomic E-state index is 0.148. The smallest absolute Gasteiger partial charge is 0.293 e. The van der Waals surface area contributed by atoms with Crippen LogP contribution in [0, 0.1) is 27.3 Å². The molecule has 0 radical (unpaired) electrons. The first-order valence-corrected chi connectivity index (χ1v) is 9.63. The van der Waals surface area contributed by atoms with E-state index < -0.39 is 16.6 Å². The summed E-state index contributed by atoms with van der Waals surface area (Å²) in [6.07, 6.45) is 0.817. The number of anilines is 2. The molecule has 3 aromatic rings. The third-order valence-corrected chi connectivity index (χ3v) is 4.78. The number of nitrogens with two attached hydrogens (primary N) is 1. The predicted molar refractivity (Wildman–Crippen MR) is 116 cm³/mol.